The van der Waals surface area contributed by atoms with E-state index < -0.39 is 0 Å². The first-order chi connectivity index (χ1) is 20.1. The third-order valence-corrected chi connectivity index (χ3v) is 8.44. The molecule has 0 saturated carbocycles. The molecule has 9 nitrogen and oxygen atoms in total. The number of imidazole rings is 1. The zero-order chi connectivity index (χ0) is 27.8. The van der Waals surface area contributed by atoms with Crippen LogP contribution in [-0.2, 0) is 26.2 Å². The second-order valence-electron chi connectivity index (χ2n) is 10.6. The molecule has 1 fully saturated rings. The predicted molar refractivity (Wildman–Crippen MR) is 163 cm³/mol. The fourth-order valence-electron chi connectivity index (χ4n) is 5.87. The largest absolute Gasteiger partial charge is 0.454 e. The number of nitrogens with zero attached hydrogens (tertiary/aromatic N) is 5. The van der Waals surface area contributed by atoms with Crippen molar-refractivity contribution in [1.29, 1.82) is 0 Å². The van der Waals surface area contributed by atoms with Gasteiger partial charge in [-0.05, 0) is 60.1 Å². The van der Waals surface area contributed by atoms with Crippen molar-refractivity contribution < 1.29 is 9.47 Å². The molecular formula is C31H33N7O2S. The summed E-state index contributed by atoms with van der Waals surface area (Å²) in [4.78, 5) is 17.5. The highest BCUT2D eigenvalue weighted by Gasteiger charge is 2.20. The predicted octanol–water partition coefficient (Wildman–Crippen LogP) is 5.32. The number of benzene rings is 3. The first kappa shape index (κ1) is 25.9. The number of rotatable bonds is 8. The molecule has 0 radical (unpaired) electrons. The molecule has 0 atom stereocenters. The van der Waals surface area contributed by atoms with Gasteiger partial charge >= 0.3 is 0 Å². The number of aromatic amines is 1. The second-order valence-corrected chi connectivity index (χ2v) is 11.0. The monoisotopic (exact) mass is 567 g/mol. The molecule has 7 rings (SSSR count). The van der Waals surface area contributed by atoms with Crippen molar-refractivity contribution in [2.45, 2.75) is 33.1 Å². The van der Waals surface area contributed by atoms with Crippen LogP contribution in [0, 0.1) is 4.77 Å². The molecule has 5 aromatic rings. The van der Waals surface area contributed by atoms with Gasteiger partial charge in [-0.25, -0.2) is 9.97 Å². The molecular weight excluding hydrogens is 534 g/mol. The van der Waals surface area contributed by atoms with E-state index in [0.717, 1.165) is 89.8 Å². The minimum atomic E-state index is 0.316. The molecule has 2 aliphatic rings. The quantitative estimate of drug-likeness (QED) is 0.244. The Kier molecular flexibility index (Phi) is 7.03. The lowest BCUT2D eigenvalue weighted by Crippen LogP contribution is -2.45. The summed E-state index contributed by atoms with van der Waals surface area (Å²) in [6.07, 6.45) is 1.63. The van der Waals surface area contributed by atoms with Crippen molar-refractivity contribution in [3.63, 3.8) is 0 Å². The van der Waals surface area contributed by atoms with Crippen LogP contribution in [0.5, 0.6) is 11.5 Å². The minimum absolute atomic E-state index is 0.316. The Morgan fingerprint density at radius 3 is 2.51 bits per heavy atom. The van der Waals surface area contributed by atoms with Gasteiger partial charge in [-0.2, -0.15) is 0 Å². The van der Waals surface area contributed by atoms with E-state index in [9.17, 15) is 0 Å². The lowest BCUT2D eigenvalue weighted by Gasteiger charge is -2.35. The first-order valence-corrected chi connectivity index (χ1v) is 14.6. The van der Waals surface area contributed by atoms with Gasteiger partial charge in [0.2, 0.25) is 6.79 Å². The first-order valence-electron chi connectivity index (χ1n) is 14.2. The molecule has 0 aliphatic carbocycles. The van der Waals surface area contributed by atoms with Crippen LogP contribution in [0.3, 0.4) is 0 Å². The third kappa shape index (κ3) is 5.26. The fraction of sp³-hybridized carbons (Fsp3) is 0.323. The van der Waals surface area contributed by atoms with Crippen molar-refractivity contribution in [2.24, 2.45) is 0 Å². The Bertz CT molecular complexity index is 1770. The van der Waals surface area contributed by atoms with Gasteiger partial charge in [0.25, 0.3) is 0 Å². The van der Waals surface area contributed by atoms with Crippen molar-refractivity contribution in [2.75, 3.05) is 38.3 Å². The minimum Gasteiger partial charge on any atom is -0.454 e. The van der Waals surface area contributed by atoms with Crippen LogP contribution in [0.1, 0.15) is 23.6 Å². The van der Waals surface area contributed by atoms with E-state index in [1.54, 1.807) is 6.33 Å². The van der Waals surface area contributed by atoms with Crippen LogP contribution in [-0.4, -0.2) is 62.3 Å². The van der Waals surface area contributed by atoms with Crippen LogP contribution < -0.4 is 14.8 Å². The molecule has 10 heteroatoms. The Morgan fingerprint density at radius 2 is 1.68 bits per heavy atom. The van der Waals surface area contributed by atoms with Gasteiger partial charge in [0, 0.05) is 57.7 Å². The normalized spacial score (nSPS) is 15.6. The molecule has 2 aliphatic heterocycles. The summed E-state index contributed by atoms with van der Waals surface area (Å²) in [7, 11) is 0. The van der Waals surface area contributed by atoms with Crippen molar-refractivity contribution in [3.05, 3.63) is 82.4 Å². The number of H-pyrrole nitrogens is 1. The van der Waals surface area contributed by atoms with E-state index in [0.29, 0.717) is 13.3 Å². The van der Waals surface area contributed by atoms with E-state index in [4.69, 9.17) is 21.7 Å². The standard InChI is InChI=1S/C31H33N7O2S/c1-2-38-27-15-25-24(14-26(27)35-31(38)41)30(34-19-33-25)32-16-22-5-3-4-6-23(22)18-37-11-9-36(10-12-37)17-21-7-8-28-29(13-21)40-20-39-28/h3-8,13-15,19H,2,9-12,16-18,20H2,1H3,(H,35,41)(H,32,33,34). The molecule has 4 heterocycles. The molecule has 0 bridgehead atoms. The lowest BCUT2D eigenvalue weighted by molar-refractivity contribution is 0.121. The zero-order valence-electron chi connectivity index (χ0n) is 23.1. The highest BCUT2D eigenvalue weighted by atomic mass is 32.1. The molecule has 2 N–H and O–H groups in total. The highest BCUT2D eigenvalue weighted by Crippen LogP contribution is 2.33. The van der Waals surface area contributed by atoms with Gasteiger partial charge in [-0.3, -0.25) is 9.80 Å². The van der Waals surface area contributed by atoms with E-state index in [1.165, 1.54) is 16.7 Å². The summed E-state index contributed by atoms with van der Waals surface area (Å²) in [5.41, 5.74) is 6.85. The fourth-order valence-corrected chi connectivity index (χ4v) is 6.21. The zero-order valence-corrected chi connectivity index (χ0v) is 23.9. The molecule has 3 aromatic carbocycles. The molecule has 210 valence electrons. The van der Waals surface area contributed by atoms with E-state index in [2.05, 4.69) is 90.1 Å². The number of piperazine rings is 1. The van der Waals surface area contributed by atoms with Crippen LogP contribution in [0.15, 0.2) is 60.9 Å². The SMILES string of the molecule is CCn1c(=S)[nH]c2cc3c(NCc4ccccc4CN4CCN(Cc5ccc6c(c5)OCO6)CC4)ncnc3cc21. The van der Waals surface area contributed by atoms with Crippen molar-refractivity contribution in [3.8, 4) is 11.5 Å². The number of nitrogens with one attached hydrogen (secondary N) is 2. The van der Waals surface area contributed by atoms with Crippen LogP contribution in [0.4, 0.5) is 5.82 Å². The average molecular weight is 568 g/mol. The van der Waals surface area contributed by atoms with Gasteiger partial charge in [-0.1, -0.05) is 30.3 Å². The van der Waals surface area contributed by atoms with Gasteiger partial charge in [0.15, 0.2) is 16.3 Å². The Morgan fingerprint density at radius 1 is 0.902 bits per heavy atom. The Balaban J connectivity index is 1.01. The molecule has 2 aromatic heterocycles. The van der Waals surface area contributed by atoms with E-state index in [1.807, 2.05) is 6.07 Å². The maximum Gasteiger partial charge on any atom is 0.231 e. The Labute approximate surface area is 243 Å². The smallest absolute Gasteiger partial charge is 0.231 e. The maximum absolute atomic E-state index is 5.55. The van der Waals surface area contributed by atoms with Crippen LogP contribution >= 0.6 is 12.2 Å². The number of fused-ring (bicyclic) bond motifs is 3. The van der Waals surface area contributed by atoms with Gasteiger partial charge in [0.05, 0.1) is 16.6 Å². The summed E-state index contributed by atoms with van der Waals surface area (Å²) in [5, 5.41) is 4.57. The Hall–Kier alpha value is -3.99. The summed E-state index contributed by atoms with van der Waals surface area (Å²) in [6.45, 7) is 9.94. The number of hydrogen-bond acceptors (Lipinski definition) is 8. The highest BCUT2D eigenvalue weighted by molar-refractivity contribution is 7.71. The van der Waals surface area contributed by atoms with Crippen LogP contribution in [0.25, 0.3) is 21.9 Å². The summed E-state index contributed by atoms with van der Waals surface area (Å²) in [5.74, 6) is 2.52. The topological polar surface area (TPSA) is 83.5 Å². The van der Waals surface area contributed by atoms with Gasteiger partial charge in [0.1, 0.15) is 12.1 Å². The summed E-state index contributed by atoms with van der Waals surface area (Å²) >= 11 is 5.51. The third-order valence-electron chi connectivity index (χ3n) is 8.11. The van der Waals surface area contributed by atoms with Gasteiger partial charge in [-0.15, -0.1) is 0 Å². The number of anilines is 1. The van der Waals surface area contributed by atoms with Crippen molar-refractivity contribution >= 4 is 40.0 Å². The molecule has 41 heavy (non-hydrogen) atoms. The molecule has 0 unspecified atom stereocenters. The number of aromatic nitrogens is 4. The lowest BCUT2D eigenvalue weighted by atomic mass is 10.1. The number of aryl methyl sites for hydroxylation is 1. The molecule has 0 amide bonds. The summed E-state index contributed by atoms with van der Waals surface area (Å²) in [6, 6.07) is 19.1. The molecule has 0 spiro atoms. The average Bonchev–Trinajstić information content (AvgIpc) is 3.59. The summed E-state index contributed by atoms with van der Waals surface area (Å²) < 4.78 is 13.8. The second kappa shape index (κ2) is 11.1. The maximum atomic E-state index is 5.55. The van der Waals surface area contributed by atoms with Crippen molar-refractivity contribution in [1.82, 2.24) is 29.3 Å². The number of ether oxygens (including phenoxy) is 2. The van der Waals surface area contributed by atoms with Gasteiger partial charge < -0.3 is 24.3 Å². The van der Waals surface area contributed by atoms with E-state index >= 15 is 0 Å². The molecule has 1 saturated heterocycles. The number of hydrogen-bond donors (Lipinski definition) is 2. The van der Waals surface area contributed by atoms with Crippen LogP contribution in [0.2, 0.25) is 0 Å². The van der Waals surface area contributed by atoms with E-state index in [-0.39, 0.29) is 0 Å².